The number of benzene rings is 1. The molecule has 2 aliphatic heterocycles. The number of amides is 1. The van der Waals surface area contributed by atoms with Crippen LogP contribution in [0.3, 0.4) is 0 Å². The molecule has 3 heterocycles. The molecule has 1 aromatic heterocycles. The van der Waals surface area contributed by atoms with Crippen LogP contribution in [0.2, 0.25) is 0 Å². The molecular formula is C20H19FN4O5S. The standard InChI is InChI=1S/C20H19FN4O5S/c1-3-20(10-29-11-20)16-9-30-18-15(31(27,28)24-16)8-25(2)17(18)19(26)23-13-4-5-14(21)12(6-13)7-22/h3-6,8,16,24H,1,9-11H2,2H3,(H,23,26). The number of anilines is 1. The number of nitriles is 1. The van der Waals surface area contributed by atoms with Gasteiger partial charge in [0.15, 0.2) is 11.4 Å². The van der Waals surface area contributed by atoms with Crippen molar-refractivity contribution in [1.29, 1.82) is 5.26 Å². The fraction of sp³-hybridized carbons (Fsp3) is 0.300. The fourth-order valence-electron chi connectivity index (χ4n) is 3.58. The average molecular weight is 446 g/mol. The molecule has 0 bridgehead atoms. The van der Waals surface area contributed by atoms with Crippen molar-refractivity contribution >= 4 is 21.6 Å². The van der Waals surface area contributed by atoms with Gasteiger partial charge >= 0.3 is 0 Å². The first-order valence-electron chi connectivity index (χ1n) is 9.27. The molecule has 1 unspecified atom stereocenters. The molecule has 0 spiro atoms. The van der Waals surface area contributed by atoms with Crippen LogP contribution in [0, 0.1) is 22.6 Å². The normalized spacial score (nSPS) is 20.9. The number of fused-ring (bicyclic) bond motifs is 1. The van der Waals surface area contributed by atoms with Crippen molar-refractivity contribution in [1.82, 2.24) is 9.29 Å². The lowest BCUT2D eigenvalue weighted by molar-refractivity contribution is -0.103. The number of hydrogen-bond donors (Lipinski definition) is 2. The third-order valence-corrected chi connectivity index (χ3v) is 6.95. The summed E-state index contributed by atoms with van der Waals surface area (Å²) in [6, 6.07) is 4.63. The Kier molecular flexibility index (Phi) is 5.09. The Morgan fingerprint density at radius 3 is 2.84 bits per heavy atom. The second-order valence-electron chi connectivity index (χ2n) is 7.46. The molecule has 11 heteroatoms. The van der Waals surface area contributed by atoms with Crippen molar-refractivity contribution in [3.8, 4) is 11.8 Å². The first-order chi connectivity index (χ1) is 14.7. The van der Waals surface area contributed by atoms with Gasteiger partial charge in [-0.15, -0.1) is 6.58 Å². The minimum atomic E-state index is -3.99. The number of rotatable bonds is 4. The van der Waals surface area contributed by atoms with Gasteiger partial charge in [0.25, 0.3) is 5.91 Å². The molecule has 1 saturated heterocycles. The SMILES string of the molecule is C=CC1(C2COc3c(cn(C)c3C(=O)Nc3ccc(F)c(C#N)c3)S(=O)(=O)N2)COC1. The zero-order valence-electron chi connectivity index (χ0n) is 16.5. The van der Waals surface area contributed by atoms with Crippen molar-refractivity contribution in [2.45, 2.75) is 10.9 Å². The van der Waals surface area contributed by atoms with E-state index in [1.165, 1.54) is 29.9 Å². The summed E-state index contributed by atoms with van der Waals surface area (Å²) in [5.74, 6) is -1.47. The molecule has 2 aliphatic rings. The minimum Gasteiger partial charge on any atom is -0.488 e. The largest absolute Gasteiger partial charge is 0.488 e. The summed E-state index contributed by atoms with van der Waals surface area (Å²) in [6.45, 7) is 4.38. The highest BCUT2D eigenvalue weighted by atomic mass is 32.2. The number of nitrogens with zero attached hydrogens (tertiary/aromatic N) is 2. The van der Waals surface area contributed by atoms with Crippen molar-refractivity contribution in [3.05, 3.63) is 54.1 Å². The summed E-state index contributed by atoms with van der Waals surface area (Å²) in [4.78, 5) is 12.8. The summed E-state index contributed by atoms with van der Waals surface area (Å²) < 4.78 is 54.5. The van der Waals surface area contributed by atoms with Crippen LogP contribution in [0.15, 0.2) is 41.9 Å². The molecule has 4 rings (SSSR count). The second-order valence-corrected chi connectivity index (χ2v) is 9.14. The van der Waals surface area contributed by atoms with E-state index >= 15 is 0 Å². The van der Waals surface area contributed by atoms with Gasteiger partial charge in [-0.3, -0.25) is 4.79 Å². The molecule has 1 atom stereocenters. The molecule has 1 fully saturated rings. The highest BCUT2D eigenvalue weighted by molar-refractivity contribution is 7.89. The predicted octanol–water partition coefficient (Wildman–Crippen LogP) is 1.53. The summed E-state index contributed by atoms with van der Waals surface area (Å²) in [5.41, 5.74) is -0.668. The van der Waals surface area contributed by atoms with Crippen LogP contribution in [-0.2, 0) is 21.8 Å². The molecule has 0 aliphatic carbocycles. The van der Waals surface area contributed by atoms with E-state index in [0.717, 1.165) is 6.07 Å². The van der Waals surface area contributed by atoms with Gasteiger partial charge in [-0.2, -0.15) is 5.26 Å². The Hall–Kier alpha value is -3.20. The Morgan fingerprint density at radius 1 is 1.48 bits per heavy atom. The number of ether oxygens (including phenoxy) is 2. The molecular weight excluding hydrogens is 427 g/mol. The third-order valence-electron chi connectivity index (χ3n) is 5.49. The maximum absolute atomic E-state index is 13.5. The number of nitrogens with one attached hydrogen (secondary N) is 2. The molecule has 0 radical (unpaired) electrons. The number of hydrogen-bond acceptors (Lipinski definition) is 6. The van der Waals surface area contributed by atoms with Crippen molar-refractivity contribution in [2.75, 3.05) is 25.1 Å². The van der Waals surface area contributed by atoms with E-state index in [1.807, 2.05) is 0 Å². The van der Waals surface area contributed by atoms with Gasteiger partial charge in [-0.1, -0.05) is 6.08 Å². The van der Waals surface area contributed by atoms with E-state index in [9.17, 15) is 17.6 Å². The van der Waals surface area contributed by atoms with E-state index < -0.39 is 33.2 Å². The first-order valence-corrected chi connectivity index (χ1v) is 10.8. The van der Waals surface area contributed by atoms with E-state index in [1.54, 1.807) is 12.1 Å². The molecule has 2 aromatic rings. The molecule has 2 N–H and O–H groups in total. The number of carbonyl (C=O) groups excluding carboxylic acids is 1. The molecule has 162 valence electrons. The van der Waals surface area contributed by atoms with Crippen LogP contribution < -0.4 is 14.8 Å². The molecule has 1 amide bonds. The predicted molar refractivity (Wildman–Crippen MR) is 108 cm³/mol. The van der Waals surface area contributed by atoms with Crippen LogP contribution in [0.5, 0.6) is 5.75 Å². The van der Waals surface area contributed by atoms with Crippen LogP contribution in [0.1, 0.15) is 16.1 Å². The topological polar surface area (TPSA) is 122 Å². The van der Waals surface area contributed by atoms with E-state index in [2.05, 4.69) is 16.6 Å². The lowest BCUT2D eigenvalue weighted by Crippen LogP contribution is -2.58. The van der Waals surface area contributed by atoms with E-state index in [-0.39, 0.29) is 34.2 Å². The van der Waals surface area contributed by atoms with Gasteiger partial charge in [-0.25, -0.2) is 17.5 Å². The van der Waals surface area contributed by atoms with Crippen LogP contribution in [0.25, 0.3) is 0 Å². The van der Waals surface area contributed by atoms with E-state index in [0.29, 0.717) is 13.2 Å². The van der Waals surface area contributed by atoms with Gasteiger partial charge in [0.05, 0.1) is 30.2 Å². The zero-order chi connectivity index (χ0) is 22.4. The van der Waals surface area contributed by atoms with Gasteiger partial charge in [0, 0.05) is 18.9 Å². The zero-order valence-corrected chi connectivity index (χ0v) is 17.3. The molecule has 1 aromatic carbocycles. The van der Waals surface area contributed by atoms with Crippen molar-refractivity contribution in [3.63, 3.8) is 0 Å². The third kappa shape index (κ3) is 3.48. The summed E-state index contributed by atoms with van der Waals surface area (Å²) in [5, 5.41) is 11.5. The van der Waals surface area contributed by atoms with E-state index in [4.69, 9.17) is 14.7 Å². The quantitative estimate of drug-likeness (QED) is 0.687. The van der Waals surface area contributed by atoms with Crippen molar-refractivity contribution < 1.29 is 27.1 Å². The second kappa shape index (κ2) is 7.49. The van der Waals surface area contributed by atoms with Gasteiger partial charge < -0.3 is 19.4 Å². The number of carbonyl (C=O) groups is 1. The number of aromatic nitrogens is 1. The summed E-state index contributed by atoms with van der Waals surface area (Å²) >= 11 is 0. The molecule has 31 heavy (non-hydrogen) atoms. The lowest BCUT2D eigenvalue weighted by atomic mass is 9.79. The van der Waals surface area contributed by atoms with Gasteiger partial charge in [0.1, 0.15) is 23.4 Å². The summed E-state index contributed by atoms with van der Waals surface area (Å²) in [7, 11) is -2.48. The van der Waals surface area contributed by atoms with Gasteiger partial charge in [0.2, 0.25) is 10.0 Å². The highest BCUT2D eigenvalue weighted by Gasteiger charge is 2.48. The Labute approximate surface area is 178 Å². The number of halogens is 1. The fourth-order valence-corrected chi connectivity index (χ4v) is 5.08. The van der Waals surface area contributed by atoms with Gasteiger partial charge in [-0.05, 0) is 18.2 Å². The number of aryl methyl sites for hydroxylation is 1. The monoisotopic (exact) mass is 446 g/mol. The Bertz CT molecular complexity index is 1230. The maximum Gasteiger partial charge on any atom is 0.276 e. The van der Waals surface area contributed by atoms with Crippen LogP contribution in [0.4, 0.5) is 10.1 Å². The highest BCUT2D eigenvalue weighted by Crippen LogP contribution is 2.38. The van der Waals surface area contributed by atoms with Crippen LogP contribution in [-0.4, -0.2) is 44.8 Å². The molecule has 9 nitrogen and oxygen atoms in total. The average Bonchev–Trinajstić information content (AvgIpc) is 2.97. The minimum absolute atomic E-state index is 0.0265. The Balaban J connectivity index is 1.67. The van der Waals surface area contributed by atoms with Crippen LogP contribution >= 0.6 is 0 Å². The smallest absolute Gasteiger partial charge is 0.276 e. The maximum atomic E-state index is 13.5. The Morgan fingerprint density at radius 2 is 2.23 bits per heavy atom. The number of sulfonamides is 1. The lowest BCUT2D eigenvalue weighted by Gasteiger charge is -2.44. The first kappa shape index (κ1) is 21.0. The molecule has 0 saturated carbocycles. The van der Waals surface area contributed by atoms with Crippen molar-refractivity contribution in [2.24, 2.45) is 12.5 Å². The summed E-state index contributed by atoms with van der Waals surface area (Å²) in [6.07, 6.45) is 2.94.